The van der Waals surface area contributed by atoms with Crippen molar-refractivity contribution in [3.8, 4) is 0 Å². The first-order valence-corrected chi connectivity index (χ1v) is 8.73. The molecule has 1 aromatic heterocycles. The van der Waals surface area contributed by atoms with Gasteiger partial charge in [0.15, 0.2) is 5.96 Å². The van der Waals surface area contributed by atoms with Gasteiger partial charge in [-0.05, 0) is 12.3 Å². The number of aliphatic imine (C=N–C) groups is 1. The highest BCUT2D eigenvalue weighted by Gasteiger charge is 2.24. The lowest BCUT2D eigenvalue weighted by Gasteiger charge is -2.34. The zero-order chi connectivity index (χ0) is 17.4. The van der Waals surface area contributed by atoms with E-state index in [4.69, 9.17) is 9.47 Å². The summed E-state index contributed by atoms with van der Waals surface area (Å²) >= 11 is 0. The number of guanidine groups is 1. The second-order valence-corrected chi connectivity index (χ2v) is 6.52. The smallest absolute Gasteiger partial charge is 0.193 e. The zero-order valence-electron chi connectivity index (χ0n) is 15.4. The van der Waals surface area contributed by atoms with E-state index >= 15 is 0 Å². The van der Waals surface area contributed by atoms with E-state index < -0.39 is 0 Å². The predicted molar refractivity (Wildman–Crippen MR) is 95.1 cm³/mol. The minimum Gasteiger partial charge on any atom is -0.380 e. The number of aromatic nitrogens is 2. The molecule has 1 saturated heterocycles. The Morgan fingerprint density at radius 3 is 3.00 bits per heavy atom. The summed E-state index contributed by atoms with van der Waals surface area (Å²) in [5, 5.41) is 7.61. The fraction of sp³-hybridized carbons (Fsp3) is 0.765. The Hall–Kier alpha value is -1.60. The molecule has 1 aliphatic rings. The molecule has 1 N–H and O–H groups in total. The van der Waals surface area contributed by atoms with Gasteiger partial charge in [0.1, 0.15) is 6.10 Å². The van der Waals surface area contributed by atoms with Gasteiger partial charge in [-0.1, -0.05) is 13.8 Å². The molecule has 7 nitrogen and oxygen atoms in total. The Morgan fingerprint density at radius 2 is 2.33 bits per heavy atom. The Labute approximate surface area is 145 Å². The monoisotopic (exact) mass is 337 g/mol. The van der Waals surface area contributed by atoms with Crippen molar-refractivity contribution < 1.29 is 9.47 Å². The van der Waals surface area contributed by atoms with Crippen molar-refractivity contribution >= 4 is 5.96 Å². The molecule has 2 rings (SSSR count). The van der Waals surface area contributed by atoms with Crippen molar-refractivity contribution in [2.45, 2.75) is 26.4 Å². The largest absolute Gasteiger partial charge is 0.380 e. The third kappa shape index (κ3) is 5.79. The average Bonchev–Trinajstić information content (AvgIpc) is 3.01. The molecule has 2 heterocycles. The van der Waals surface area contributed by atoms with E-state index in [1.54, 1.807) is 4.68 Å². The molecule has 1 atom stereocenters. The first-order valence-electron chi connectivity index (χ1n) is 8.73. The van der Waals surface area contributed by atoms with E-state index in [-0.39, 0.29) is 6.10 Å². The van der Waals surface area contributed by atoms with Gasteiger partial charge in [0.05, 0.1) is 26.0 Å². The zero-order valence-corrected chi connectivity index (χ0v) is 15.4. The second kappa shape index (κ2) is 9.64. The fourth-order valence-electron chi connectivity index (χ4n) is 2.64. The molecular formula is C17H31N5O2. The summed E-state index contributed by atoms with van der Waals surface area (Å²) in [5.41, 5.74) is 1.11. The van der Waals surface area contributed by atoms with Crippen LogP contribution in [0.2, 0.25) is 0 Å². The maximum absolute atomic E-state index is 5.88. The third-order valence-corrected chi connectivity index (χ3v) is 4.04. The first-order chi connectivity index (χ1) is 11.6. The van der Waals surface area contributed by atoms with Crippen LogP contribution in [0, 0.1) is 5.92 Å². The fourth-order valence-corrected chi connectivity index (χ4v) is 2.64. The van der Waals surface area contributed by atoms with Gasteiger partial charge in [-0.25, -0.2) is 0 Å². The summed E-state index contributed by atoms with van der Waals surface area (Å²) in [5.74, 6) is 1.59. The lowest BCUT2D eigenvalue weighted by Crippen LogP contribution is -2.48. The average molecular weight is 337 g/mol. The molecule has 1 unspecified atom stereocenters. The number of nitrogens with zero attached hydrogens (tertiary/aromatic N) is 4. The van der Waals surface area contributed by atoms with Gasteiger partial charge < -0.3 is 19.7 Å². The molecule has 0 bridgehead atoms. The van der Waals surface area contributed by atoms with Crippen molar-refractivity contribution in [1.29, 1.82) is 0 Å². The predicted octanol–water partition coefficient (Wildman–Crippen LogP) is 1.43. The highest BCUT2D eigenvalue weighted by molar-refractivity contribution is 5.80. The molecule has 0 spiro atoms. The molecule has 1 aliphatic heterocycles. The summed E-state index contributed by atoms with van der Waals surface area (Å²) < 4.78 is 13.3. The van der Waals surface area contributed by atoms with Crippen LogP contribution in [0.25, 0.3) is 0 Å². The molecule has 0 aromatic carbocycles. The van der Waals surface area contributed by atoms with Crippen molar-refractivity contribution in [1.82, 2.24) is 20.0 Å². The van der Waals surface area contributed by atoms with Crippen molar-refractivity contribution in [2.75, 3.05) is 46.5 Å². The number of ether oxygens (including phenoxy) is 2. The van der Waals surface area contributed by atoms with Crippen LogP contribution in [0.4, 0.5) is 0 Å². The van der Waals surface area contributed by atoms with Crippen LogP contribution >= 0.6 is 0 Å². The van der Waals surface area contributed by atoms with E-state index in [9.17, 15) is 0 Å². The van der Waals surface area contributed by atoms with Crippen molar-refractivity contribution in [2.24, 2.45) is 18.0 Å². The van der Waals surface area contributed by atoms with Crippen LogP contribution < -0.4 is 5.32 Å². The number of aryl methyl sites for hydroxylation is 1. The Balaban J connectivity index is 1.76. The summed E-state index contributed by atoms with van der Waals surface area (Å²) in [6.07, 6.45) is 5.01. The van der Waals surface area contributed by atoms with Gasteiger partial charge in [-0.15, -0.1) is 0 Å². The van der Waals surface area contributed by atoms with Crippen LogP contribution in [0.1, 0.15) is 31.9 Å². The number of morpholine rings is 1. The highest BCUT2D eigenvalue weighted by Crippen LogP contribution is 2.21. The molecule has 7 heteroatoms. The van der Waals surface area contributed by atoms with Crippen molar-refractivity contribution in [3.63, 3.8) is 0 Å². The number of hydrogen-bond donors (Lipinski definition) is 1. The molecule has 0 radical (unpaired) electrons. The molecule has 0 amide bonds. The molecule has 0 aliphatic carbocycles. The molecular weight excluding hydrogens is 306 g/mol. The first kappa shape index (κ1) is 18.7. The van der Waals surface area contributed by atoms with Crippen LogP contribution in [0.5, 0.6) is 0 Å². The van der Waals surface area contributed by atoms with Crippen LogP contribution in [-0.4, -0.2) is 67.1 Å². The van der Waals surface area contributed by atoms with E-state index in [1.165, 1.54) is 0 Å². The van der Waals surface area contributed by atoms with Crippen LogP contribution in [0.15, 0.2) is 17.4 Å². The van der Waals surface area contributed by atoms with E-state index in [2.05, 4.69) is 34.2 Å². The summed E-state index contributed by atoms with van der Waals surface area (Å²) in [7, 11) is 3.74. The number of nitrogens with one attached hydrogen (secondary N) is 1. The molecule has 24 heavy (non-hydrogen) atoms. The quantitative estimate of drug-likeness (QED) is 0.463. The lowest BCUT2D eigenvalue weighted by atomic mass is 10.1. The SMILES string of the molecule is CN=C(NCCOCCC(C)C)N1CCOC(c2cnn(C)c2)C1. The van der Waals surface area contributed by atoms with Crippen LogP contribution in [-0.2, 0) is 16.5 Å². The topological polar surface area (TPSA) is 63.9 Å². The number of rotatable bonds is 7. The Morgan fingerprint density at radius 1 is 1.50 bits per heavy atom. The maximum atomic E-state index is 5.88. The Bertz CT molecular complexity index is 515. The van der Waals surface area contributed by atoms with E-state index in [1.807, 2.05) is 26.5 Å². The summed E-state index contributed by atoms with van der Waals surface area (Å²) in [4.78, 5) is 6.62. The molecule has 1 fully saturated rings. The van der Waals surface area contributed by atoms with E-state index in [0.29, 0.717) is 19.1 Å². The van der Waals surface area contributed by atoms with Gasteiger partial charge in [-0.2, -0.15) is 5.10 Å². The normalized spacial score (nSPS) is 19.1. The standard InChI is InChI=1S/C17H31N5O2/c1-14(2)5-8-23-9-6-19-17(18-3)22-7-10-24-16(13-22)15-11-20-21(4)12-15/h11-12,14,16H,5-10,13H2,1-4H3,(H,18,19). The van der Waals surface area contributed by atoms with Crippen molar-refractivity contribution in [3.05, 3.63) is 18.0 Å². The third-order valence-electron chi connectivity index (χ3n) is 4.04. The highest BCUT2D eigenvalue weighted by atomic mass is 16.5. The number of hydrogen-bond acceptors (Lipinski definition) is 4. The second-order valence-electron chi connectivity index (χ2n) is 6.52. The Kier molecular flexibility index (Phi) is 7.52. The maximum Gasteiger partial charge on any atom is 0.193 e. The van der Waals surface area contributed by atoms with Gasteiger partial charge >= 0.3 is 0 Å². The van der Waals surface area contributed by atoms with Gasteiger partial charge in [0.25, 0.3) is 0 Å². The molecule has 136 valence electrons. The van der Waals surface area contributed by atoms with Gasteiger partial charge in [0, 0.05) is 45.6 Å². The lowest BCUT2D eigenvalue weighted by molar-refractivity contribution is -0.00815. The minimum atomic E-state index is 0.0355. The van der Waals surface area contributed by atoms with E-state index in [0.717, 1.165) is 44.2 Å². The molecule has 0 saturated carbocycles. The summed E-state index contributed by atoms with van der Waals surface area (Å²) in [6, 6.07) is 0. The van der Waals surface area contributed by atoms with Crippen LogP contribution in [0.3, 0.4) is 0 Å². The summed E-state index contributed by atoms with van der Waals surface area (Å²) in [6.45, 7) is 9.00. The minimum absolute atomic E-state index is 0.0355. The van der Waals surface area contributed by atoms with Gasteiger partial charge in [0.2, 0.25) is 0 Å². The van der Waals surface area contributed by atoms with Gasteiger partial charge in [-0.3, -0.25) is 9.67 Å². The molecule has 1 aromatic rings.